The van der Waals surface area contributed by atoms with Gasteiger partial charge in [0.2, 0.25) is 0 Å². The van der Waals surface area contributed by atoms with Gasteiger partial charge in [-0.2, -0.15) is 23.5 Å². The van der Waals surface area contributed by atoms with Crippen molar-refractivity contribution in [3.05, 3.63) is 35.6 Å². The number of rotatable bonds is 5. The molecule has 1 aromatic carbocycles. The van der Waals surface area contributed by atoms with Gasteiger partial charge in [-0.15, -0.1) is 0 Å². The molecule has 100 valence electrons. The number of halogens is 1. The number of hydrogen-bond acceptors (Lipinski definition) is 4. The molecule has 1 aliphatic rings. The molecule has 0 radical (unpaired) electrons. The van der Waals surface area contributed by atoms with Crippen molar-refractivity contribution >= 4 is 23.5 Å². The summed E-state index contributed by atoms with van der Waals surface area (Å²) in [7, 11) is 0. The van der Waals surface area contributed by atoms with Gasteiger partial charge in [0.15, 0.2) is 0 Å². The first-order valence-corrected chi connectivity index (χ1v) is 8.30. The lowest BCUT2D eigenvalue weighted by Gasteiger charge is -2.22. The van der Waals surface area contributed by atoms with E-state index in [2.05, 4.69) is 5.32 Å². The van der Waals surface area contributed by atoms with Crippen LogP contribution in [0, 0.1) is 5.82 Å². The van der Waals surface area contributed by atoms with Crippen molar-refractivity contribution in [1.82, 2.24) is 5.32 Å². The van der Waals surface area contributed by atoms with E-state index in [9.17, 15) is 9.50 Å². The van der Waals surface area contributed by atoms with Crippen molar-refractivity contribution in [2.24, 2.45) is 0 Å². The van der Waals surface area contributed by atoms with Gasteiger partial charge in [-0.25, -0.2) is 4.39 Å². The molecule has 1 fully saturated rings. The molecule has 18 heavy (non-hydrogen) atoms. The molecule has 2 rings (SSSR count). The normalized spacial score (nSPS) is 21.8. The zero-order chi connectivity index (χ0) is 12.8. The zero-order valence-corrected chi connectivity index (χ0v) is 11.8. The summed E-state index contributed by atoms with van der Waals surface area (Å²) < 4.78 is 13.4. The molecule has 5 heteroatoms. The summed E-state index contributed by atoms with van der Waals surface area (Å²) in [5.74, 6) is 3.26. The van der Waals surface area contributed by atoms with Crippen molar-refractivity contribution in [2.75, 3.05) is 30.3 Å². The van der Waals surface area contributed by atoms with Gasteiger partial charge in [-0.05, 0) is 6.07 Å². The van der Waals surface area contributed by atoms with Crippen LogP contribution < -0.4 is 5.32 Å². The average Bonchev–Trinajstić information content (AvgIpc) is 2.40. The summed E-state index contributed by atoms with van der Waals surface area (Å²) in [6, 6.07) is 6.39. The molecule has 0 amide bonds. The summed E-state index contributed by atoms with van der Waals surface area (Å²) in [6.45, 7) is 1.28. The average molecular weight is 287 g/mol. The first kappa shape index (κ1) is 14.2. The molecule has 0 spiro atoms. The first-order chi connectivity index (χ1) is 8.77. The monoisotopic (exact) mass is 287 g/mol. The van der Waals surface area contributed by atoms with E-state index in [0.29, 0.717) is 17.4 Å². The predicted molar refractivity (Wildman–Crippen MR) is 77.8 cm³/mol. The van der Waals surface area contributed by atoms with E-state index in [1.165, 1.54) is 17.6 Å². The molecule has 2 N–H and O–H groups in total. The van der Waals surface area contributed by atoms with E-state index in [1.807, 2.05) is 23.5 Å². The van der Waals surface area contributed by atoms with Gasteiger partial charge in [0, 0.05) is 41.2 Å². The largest absolute Gasteiger partial charge is 0.387 e. The van der Waals surface area contributed by atoms with Crippen LogP contribution in [0.4, 0.5) is 4.39 Å². The SMILES string of the molecule is OC(CNCC1CSCCS1)c1ccccc1F. The predicted octanol–water partition coefficient (Wildman–Crippen LogP) is 2.30. The van der Waals surface area contributed by atoms with E-state index in [4.69, 9.17) is 0 Å². The Morgan fingerprint density at radius 1 is 1.39 bits per heavy atom. The maximum Gasteiger partial charge on any atom is 0.129 e. The fourth-order valence-corrected chi connectivity index (χ4v) is 4.54. The van der Waals surface area contributed by atoms with Crippen LogP contribution in [0.2, 0.25) is 0 Å². The molecule has 1 aromatic rings. The highest BCUT2D eigenvalue weighted by Gasteiger charge is 2.16. The minimum absolute atomic E-state index is 0.339. The van der Waals surface area contributed by atoms with Crippen molar-refractivity contribution in [3.63, 3.8) is 0 Å². The van der Waals surface area contributed by atoms with Crippen LogP contribution in [0.25, 0.3) is 0 Å². The van der Waals surface area contributed by atoms with Gasteiger partial charge in [0.1, 0.15) is 5.82 Å². The number of thioether (sulfide) groups is 2. The third-order valence-electron chi connectivity index (χ3n) is 2.86. The van der Waals surface area contributed by atoms with Gasteiger partial charge in [-0.3, -0.25) is 0 Å². The van der Waals surface area contributed by atoms with Crippen LogP contribution in [0.1, 0.15) is 11.7 Å². The second kappa shape index (κ2) is 7.38. The molecule has 2 atom stereocenters. The fourth-order valence-electron chi connectivity index (χ4n) is 1.89. The van der Waals surface area contributed by atoms with Crippen LogP contribution >= 0.6 is 23.5 Å². The van der Waals surface area contributed by atoms with E-state index in [1.54, 1.807) is 18.2 Å². The molecule has 2 unspecified atom stereocenters. The maximum atomic E-state index is 13.4. The van der Waals surface area contributed by atoms with E-state index in [-0.39, 0.29) is 5.82 Å². The van der Waals surface area contributed by atoms with Crippen LogP contribution in [0.5, 0.6) is 0 Å². The Hall–Kier alpha value is -0.230. The molecule has 1 heterocycles. The Balaban J connectivity index is 1.74. The number of aliphatic hydroxyl groups is 1. The van der Waals surface area contributed by atoms with Crippen LogP contribution in [0.3, 0.4) is 0 Å². The zero-order valence-electron chi connectivity index (χ0n) is 10.1. The number of aliphatic hydroxyl groups excluding tert-OH is 1. The second-order valence-corrected chi connectivity index (χ2v) is 6.82. The highest BCUT2D eigenvalue weighted by atomic mass is 32.2. The van der Waals surface area contributed by atoms with Gasteiger partial charge in [0.05, 0.1) is 6.10 Å². The third-order valence-corrected chi connectivity index (χ3v) is 5.70. The van der Waals surface area contributed by atoms with Crippen molar-refractivity contribution < 1.29 is 9.50 Å². The topological polar surface area (TPSA) is 32.3 Å². The fraction of sp³-hybridized carbons (Fsp3) is 0.538. The molecule has 0 aromatic heterocycles. The Bertz CT molecular complexity index is 372. The smallest absolute Gasteiger partial charge is 0.129 e. The molecule has 1 aliphatic heterocycles. The van der Waals surface area contributed by atoms with Gasteiger partial charge < -0.3 is 10.4 Å². The molecule has 1 saturated heterocycles. The number of hydrogen-bond donors (Lipinski definition) is 2. The first-order valence-electron chi connectivity index (χ1n) is 6.10. The van der Waals surface area contributed by atoms with Crippen molar-refractivity contribution in [2.45, 2.75) is 11.4 Å². The maximum absolute atomic E-state index is 13.4. The van der Waals surface area contributed by atoms with Crippen molar-refractivity contribution in [1.29, 1.82) is 0 Å². The van der Waals surface area contributed by atoms with E-state index < -0.39 is 6.10 Å². The van der Waals surface area contributed by atoms with Crippen LogP contribution in [0.15, 0.2) is 24.3 Å². The quantitative estimate of drug-likeness (QED) is 0.870. The molecular formula is C13H18FNOS2. The molecule has 2 nitrogen and oxygen atoms in total. The molecule has 0 aliphatic carbocycles. The lowest BCUT2D eigenvalue weighted by Crippen LogP contribution is -2.32. The molecule has 0 bridgehead atoms. The second-order valence-electron chi connectivity index (χ2n) is 4.26. The summed E-state index contributed by atoms with van der Waals surface area (Å²) in [6.07, 6.45) is -0.771. The standard InChI is InChI=1S/C13H18FNOS2/c14-12-4-2-1-3-11(12)13(16)8-15-7-10-9-17-5-6-18-10/h1-4,10,13,15-16H,5-9H2. The summed E-state index contributed by atoms with van der Waals surface area (Å²) >= 11 is 3.95. The van der Waals surface area contributed by atoms with E-state index in [0.717, 1.165) is 12.3 Å². The third kappa shape index (κ3) is 4.16. The number of benzene rings is 1. The highest BCUT2D eigenvalue weighted by Crippen LogP contribution is 2.23. The summed E-state index contributed by atoms with van der Waals surface area (Å²) in [4.78, 5) is 0. The Kier molecular flexibility index (Phi) is 5.82. The Morgan fingerprint density at radius 2 is 2.22 bits per heavy atom. The Morgan fingerprint density at radius 3 is 2.94 bits per heavy atom. The lowest BCUT2D eigenvalue weighted by atomic mass is 10.1. The van der Waals surface area contributed by atoms with Gasteiger partial charge in [-0.1, -0.05) is 18.2 Å². The van der Waals surface area contributed by atoms with Gasteiger partial charge >= 0.3 is 0 Å². The summed E-state index contributed by atoms with van der Waals surface area (Å²) in [5, 5.41) is 13.8. The van der Waals surface area contributed by atoms with E-state index >= 15 is 0 Å². The summed E-state index contributed by atoms with van der Waals surface area (Å²) in [5.41, 5.74) is 0.371. The van der Waals surface area contributed by atoms with Crippen LogP contribution in [-0.4, -0.2) is 40.7 Å². The molecule has 0 saturated carbocycles. The minimum Gasteiger partial charge on any atom is -0.387 e. The van der Waals surface area contributed by atoms with Crippen LogP contribution in [-0.2, 0) is 0 Å². The lowest BCUT2D eigenvalue weighted by molar-refractivity contribution is 0.170. The Labute approximate surface area is 116 Å². The highest BCUT2D eigenvalue weighted by molar-refractivity contribution is 8.06. The number of nitrogens with one attached hydrogen (secondary N) is 1. The molecular weight excluding hydrogens is 269 g/mol. The minimum atomic E-state index is -0.771. The van der Waals surface area contributed by atoms with Gasteiger partial charge in [0.25, 0.3) is 0 Å². The van der Waals surface area contributed by atoms with Crippen molar-refractivity contribution in [3.8, 4) is 0 Å².